The third kappa shape index (κ3) is 7.93. The Labute approximate surface area is 506 Å². The Morgan fingerprint density at radius 2 is 1.09 bits per heavy atom. The Balaban J connectivity index is 1.04. The molecule has 5 aliphatic rings. The normalized spacial score (nSPS) is 18.8. The van der Waals surface area contributed by atoms with Crippen LogP contribution in [0.5, 0.6) is 0 Å². The Hall–Kier alpha value is -7.76. The van der Waals surface area contributed by atoms with Crippen molar-refractivity contribution < 1.29 is 4.42 Å². The number of aryl methyl sites for hydroxylation is 1. The van der Waals surface area contributed by atoms with Gasteiger partial charge in [0.1, 0.15) is 5.58 Å². The molecule has 3 aliphatic heterocycles. The van der Waals surface area contributed by atoms with Crippen molar-refractivity contribution >= 4 is 90.5 Å². The predicted octanol–water partition coefficient (Wildman–Crippen LogP) is 20.1. The minimum absolute atomic E-state index is 0.0188. The monoisotopic (exact) mass is 1110 g/mol. The molecule has 15 rings (SSSR count). The molecule has 4 nitrogen and oxygen atoms in total. The topological polar surface area (TPSA) is 22.9 Å². The van der Waals surface area contributed by atoms with Crippen LogP contribution in [0.4, 0.5) is 45.5 Å². The summed E-state index contributed by atoms with van der Waals surface area (Å²) in [5.74, 6) is 0. The van der Waals surface area contributed by atoms with E-state index >= 15 is 0 Å². The second kappa shape index (κ2) is 18.1. The van der Waals surface area contributed by atoms with Crippen LogP contribution in [0.25, 0.3) is 44.2 Å². The molecular formula is C80H82BN3O. The first-order chi connectivity index (χ1) is 40.3. The molecule has 426 valence electrons. The van der Waals surface area contributed by atoms with Crippen molar-refractivity contribution in [2.45, 2.75) is 169 Å². The molecular weight excluding hydrogens is 1030 g/mol. The standard InChI is InChI=1S/C80H82BN3O/c1-48-40-69-72-70(41-48)83(66-35-28-52(76(5,6)7)44-59(66)49-22-17-16-18-23-49)73-64(34-32-57-61-45-53(77(8,9)10)30-37-71(61)85-74(57)73)81(72)63-33-31-55(84-67-36-29-54(78(11,12)13)46-62(67)79(14)38-19-20-39-80(79,84)15)47-68(63)82(69)65-25-21-24-56-58-43-51(75(2,3)4)27-26-50(58)42-60(56)65/h16-18,21-37,40-41,43-47H,19-20,38-39,42H2,1-15H3. The van der Waals surface area contributed by atoms with Crippen molar-refractivity contribution in [3.05, 3.63) is 208 Å². The highest BCUT2D eigenvalue weighted by Crippen LogP contribution is 2.62. The van der Waals surface area contributed by atoms with Crippen LogP contribution in [-0.4, -0.2) is 12.3 Å². The molecule has 0 saturated heterocycles. The van der Waals surface area contributed by atoms with Gasteiger partial charge in [0.2, 0.25) is 0 Å². The summed E-state index contributed by atoms with van der Waals surface area (Å²) in [6.07, 6.45) is 5.65. The lowest BCUT2D eigenvalue weighted by molar-refractivity contribution is 0.195. The lowest BCUT2D eigenvalue weighted by Crippen LogP contribution is -2.61. The van der Waals surface area contributed by atoms with Gasteiger partial charge in [-0.1, -0.05) is 206 Å². The molecule has 2 atom stereocenters. The average Bonchev–Trinajstić information content (AvgIpc) is 2.43. The molecule has 0 bridgehead atoms. The van der Waals surface area contributed by atoms with E-state index in [1.165, 1.54) is 137 Å². The summed E-state index contributed by atoms with van der Waals surface area (Å²) in [5, 5.41) is 2.30. The van der Waals surface area contributed by atoms with Gasteiger partial charge in [0, 0.05) is 56.6 Å². The summed E-state index contributed by atoms with van der Waals surface area (Å²) in [6, 6.07) is 64.6. The van der Waals surface area contributed by atoms with Gasteiger partial charge in [0.25, 0.3) is 6.71 Å². The second-order valence-corrected chi connectivity index (χ2v) is 30.6. The molecule has 4 heterocycles. The molecule has 1 fully saturated rings. The molecule has 10 aromatic rings. The van der Waals surface area contributed by atoms with Gasteiger partial charge in [-0.3, -0.25) is 0 Å². The smallest absolute Gasteiger partial charge is 0.252 e. The first-order valence-corrected chi connectivity index (χ1v) is 31.6. The maximum Gasteiger partial charge on any atom is 0.252 e. The Morgan fingerprint density at radius 3 is 1.81 bits per heavy atom. The van der Waals surface area contributed by atoms with E-state index in [-0.39, 0.29) is 39.3 Å². The fourth-order valence-corrected chi connectivity index (χ4v) is 16.1. The van der Waals surface area contributed by atoms with Crippen LogP contribution >= 0.6 is 0 Å². The number of benzene rings is 9. The molecule has 2 unspecified atom stereocenters. The van der Waals surface area contributed by atoms with Gasteiger partial charge in [0.15, 0.2) is 5.58 Å². The lowest BCUT2D eigenvalue weighted by Gasteiger charge is -2.50. The van der Waals surface area contributed by atoms with Crippen molar-refractivity contribution in [3.8, 4) is 22.3 Å². The maximum absolute atomic E-state index is 7.43. The number of nitrogens with zero attached hydrogens (tertiary/aromatic N) is 3. The van der Waals surface area contributed by atoms with Gasteiger partial charge in [0.05, 0.1) is 22.6 Å². The number of hydrogen-bond acceptors (Lipinski definition) is 4. The summed E-state index contributed by atoms with van der Waals surface area (Å²) in [6.45, 7) is 35.4. The molecule has 85 heavy (non-hydrogen) atoms. The van der Waals surface area contributed by atoms with Gasteiger partial charge in [-0.15, -0.1) is 0 Å². The zero-order valence-corrected chi connectivity index (χ0v) is 53.0. The van der Waals surface area contributed by atoms with Crippen molar-refractivity contribution in [3.63, 3.8) is 0 Å². The van der Waals surface area contributed by atoms with Gasteiger partial charge in [-0.05, 0) is 187 Å². The first-order valence-electron chi connectivity index (χ1n) is 31.6. The molecule has 9 aromatic carbocycles. The molecule has 0 amide bonds. The average molecular weight is 1110 g/mol. The van der Waals surface area contributed by atoms with Crippen LogP contribution in [0.2, 0.25) is 0 Å². The van der Waals surface area contributed by atoms with Gasteiger partial charge >= 0.3 is 0 Å². The van der Waals surface area contributed by atoms with Crippen molar-refractivity contribution in [2.24, 2.45) is 0 Å². The highest BCUT2D eigenvalue weighted by atomic mass is 16.3. The van der Waals surface area contributed by atoms with Crippen LogP contribution < -0.4 is 31.1 Å². The van der Waals surface area contributed by atoms with E-state index in [9.17, 15) is 0 Å². The Kier molecular flexibility index (Phi) is 11.5. The summed E-state index contributed by atoms with van der Waals surface area (Å²) in [4.78, 5) is 8.14. The van der Waals surface area contributed by atoms with Crippen LogP contribution in [-0.2, 0) is 33.5 Å². The minimum Gasteiger partial charge on any atom is -0.454 e. The third-order valence-corrected chi connectivity index (χ3v) is 21.1. The van der Waals surface area contributed by atoms with E-state index in [2.05, 4.69) is 282 Å². The summed E-state index contributed by atoms with van der Waals surface area (Å²) in [7, 11) is 0. The van der Waals surface area contributed by atoms with Gasteiger partial charge < -0.3 is 19.1 Å². The van der Waals surface area contributed by atoms with E-state index in [0.29, 0.717) is 0 Å². The van der Waals surface area contributed by atoms with E-state index < -0.39 is 0 Å². The van der Waals surface area contributed by atoms with Crippen molar-refractivity contribution in [1.82, 2.24) is 0 Å². The molecule has 0 spiro atoms. The van der Waals surface area contributed by atoms with Crippen molar-refractivity contribution in [2.75, 3.05) is 14.7 Å². The third-order valence-electron chi connectivity index (χ3n) is 21.1. The van der Waals surface area contributed by atoms with Crippen LogP contribution in [0.1, 0.15) is 167 Å². The summed E-state index contributed by atoms with van der Waals surface area (Å²) >= 11 is 0. The van der Waals surface area contributed by atoms with E-state index in [1.807, 2.05) is 0 Å². The van der Waals surface area contributed by atoms with Crippen LogP contribution in [0.3, 0.4) is 0 Å². The van der Waals surface area contributed by atoms with E-state index in [4.69, 9.17) is 4.42 Å². The molecule has 0 N–H and O–H groups in total. The number of furan rings is 1. The molecule has 1 saturated carbocycles. The minimum atomic E-state index is -0.128. The van der Waals surface area contributed by atoms with Crippen LogP contribution in [0.15, 0.2) is 168 Å². The molecule has 1 aromatic heterocycles. The predicted molar refractivity (Wildman–Crippen MR) is 364 cm³/mol. The lowest BCUT2D eigenvalue weighted by atomic mass is 9.33. The highest BCUT2D eigenvalue weighted by Gasteiger charge is 2.58. The van der Waals surface area contributed by atoms with Gasteiger partial charge in [-0.2, -0.15) is 0 Å². The number of hydrogen-bond donors (Lipinski definition) is 0. The number of anilines is 8. The Bertz CT molecular complexity index is 4460. The summed E-state index contributed by atoms with van der Waals surface area (Å²) < 4.78 is 7.43. The fraction of sp³-hybridized carbons (Fsp3) is 0.325. The second-order valence-electron chi connectivity index (χ2n) is 30.6. The van der Waals surface area contributed by atoms with Gasteiger partial charge in [-0.25, -0.2) is 0 Å². The van der Waals surface area contributed by atoms with Crippen molar-refractivity contribution in [1.29, 1.82) is 0 Å². The quantitative estimate of drug-likeness (QED) is 0.164. The molecule has 5 heteroatoms. The van der Waals surface area contributed by atoms with E-state index in [1.54, 1.807) is 0 Å². The SMILES string of the molecule is Cc1cc2c3c(c1)N(c1ccc(C(C)(C)C)cc1-c1ccccc1)c1c(ccc4c1oc1ccc(C(C)(C)C)cc14)B3c1ccc(N3c4ccc(C(C)(C)C)cc4C4(C)CCCCC34C)cc1N2c1cccc2c1Cc1ccc(C(C)(C)C)cc1-2. The first kappa shape index (κ1) is 53.9. The number of fused-ring (bicyclic) bond motifs is 14. The molecule has 2 aliphatic carbocycles. The maximum atomic E-state index is 7.43. The highest BCUT2D eigenvalue weighted by molar-refractivity contribution is 7.00. The largest absolute Gasteiger partial charge is 0.454 e. The Morgan fingerprint density at radius 1 is 0.471 bits per heavy atom. The van der Waals surface area contributed by atoms with Crippen LogP contribution in [0, 0.1) is 6.92 Å². The zero-order chi connectivity index (χ0) is 59.2. The fourth-order valence-electron chi connectivity index (χ4n) is 16.1. The summed E-state index contributed by atoms with van der Waals surface area (Å²) in [5.41, 5.74) is 31.3. The zero-order valence-electron chi connectivity index (χ0n) is 53.0. The number of rotatable bonds is 4. The molecule has 0 radical (unpaired) electrons. The van der Waals surface area contributed by atoms with E-state index in [0.717, 1.165) is 46.2 Å².